The van der Waals surface area contributed by atoms with Crippen molar-refractivity contribution in [2.45, 2.75) is 33.3 Å². The van der Waals surface area contributed by atoms with Crippen LogP contribution in [0.4, 0.5) is 0 Å². The van der Waals surface area contributed by atoms with E-state index >= 15 is 0 Å². The molecule has 0 fully saturated rings. The number of nitrogens with zero attached hydrogens (tertiary/aromatic N) is 1. The fourth-order valence-corrected chi connectivity index (χ4v) is 2.37. The Morgan fingerprint density at radius 2 is 1.84 bits per heavy atom. The zero-order valence-electron chi connectivity index (χ0n) is 14.7. The highest BCUT2D eigenvalue weighted by Crippen LogP contribution is 2.30. The van der Waals surface area contributed by atoms with Crippen molar-refractivity contribution >= 4 is 5.78 Å². The lowest BCUT2D eigenvalue weighted by molar-refractivity contribution is -0.120. The Balaban J connectivity index is 2.07. The van der Waals surface area contributed by atoms with Crippen LogP contribution in [-0.4, -0.2) is 12.4 Å². The SMILES string of the molecule is CC(=O)[C@@H](C)CCc1ccc(OCc2ccccc2)c(OCC#N)c1. The molecule has 0 saturated heterocycles. The summed E-state index contributed by atoms with van der Waals surface area (Å²) in [4.78, 5) is 11.4. The molecule has 2 aromatic carbocycles. The van der Waals surface area contributed by atoms with E-state index in [1.807, 2.05) is 61.5 Å². The van der Waals surface area contributed by atoms with E-state index in [1.165, 1.54) is 0 Å². The molecule has 130 valence electrons. The van der Waals surface area contributed by atoms with Crippen molar-refractivity contribution in [3.63, 3.8) is 0 Å². The minimum absolute atomic E-state index is 0.0327. The van der Waals surface area contributed by atoms with E-state index < -0.39 is 0 Å². The van der Waals surface area contributed by atoms with Crippen LogP contribution in [0.1, 0.15) is 31.4 Å². The number of carbonyl (C=O) groups excluding carboxylic acids is 1. The van der Waals surface area contributed by atoms with Crippen LogP contribution in [-0.2, 0) is 17.8 Å². The predicted octanol–water partition coefficient (Wildman–Crippen LogP) is 4.33. The van der Waals surface area contributed by atoms with E-state index in [-0.39, 0.29) is 18.3 Å². The van der Waals surface area contributed by atoms with Crippen LogP contribution >= 0.6 is 0 Å². The molecule has 0 saturated carbocycles. The van der Waals surface area contributed by atoms with Gasteiger partial charge in [0, 0.05) is 5.92 Å². The molecule has 0 aliphatic heterocycles. The molecule has 0 bridgehead atoms. The summed E-state index contributed by atoms with van der Waals surface area (Å²) >= 11 is 0. The van der Waals surface area contributed by atoms with Gasteiger partial charge >= 0.3 is 0 Å². The number of aryl methyl sites for hydroxylation is 1. The third kappa shape index (κ3) is 5.96. The van der Waals surface area contributed by atoms with Gasteiger partial charge in [-0.1, -0.05) is 43.3 Å². The van der Waals surface area contributed by atoms with E-state index in [0.29, 0.717) is 18.1 Å². The van der Waals surface area contributed by atoms with Gasteiger partial charge in [-0.25, -0.2) is 0 Å². The molecule has 0 N–H and O–H groups in total. The van der Waals surface area contributed by atoms with Crippen molar-refractivity contribution in [3.05, 3.63) is 59.7 Å². The molecular formula is C21H23NO3. The first-order valence-electron chi connectivity index (χ1n) is 8.40. The van der Waals surface area contributed by atoms with Gasteiger partial charge in [0.05, 0.1) is 0 Å². The number of carbonyl (C=O) groups is 1. The zero-order chi connectivity index (χ0) is 18.1. The van der Waals surface area contributed by atoms with Crippen LogP contribution in [0.2, 0.25) is 0 Å². The van der Waals surface area contributed by atoms with Crippen molar-refractivity contribution in [1.29, 1.82) is 5.26 Å². The first-order chi connectivity index (χ1) is 12.1. The third-order valence-electron chi connectivity index (χ3n) is 4.10. The van der Waals surface area contributed by atoms with Crippen LogP contribution in [0.5, 0.6) is 11.5 Å². The van der Waals surface area contributed by atoms with Crippen molar-refractivity contribution in [1.82, 2.24) is 0 Å². The van der Waals surface area contributed by atoms with E-state index in [2.05, 4.69) is 0 Å². The van der Waals surface area contributed by atoms with E-state index in [9.17, 15) is 4.79 Å². The Morgan fingerprint density at radius 1 is 1.08 bits per heavy atom. The molecule has 4 nitrogen and oxygen atoms in total. The topological polar surface area (TPSA) is 59.3 Å². The summed E-state index contributed by atoms with van der Waals surface area (Å²) in [5.41, 5.74) is 2.13. The highest BCUT2D eigenvalue weighted by atomic mass is 16.5. The molecule has 0 heterocycles. The summed E-state index contributed by atoms with van der Waals surface area (Å²) in [6.07, 6.45) is 1.57. The summed E-state index contributed by atoms with van der Waals surface area (Å²) in [6, 6.07) is 17.6. The number of ketones is 1. The lowest BCUT2D eigenvalue weighted by Crippen LogP contribution is -2.07. The van der Waals surface area contributed by atoms with Gasteiger partial charge in [0.2, 0.25) is 0 Å². The fourth-order valence-electron chi connectivity index (χ4n) is 2.37. The number of Topliss-reactive ketones (excluding diaryl/α,β-unsaturated/α-hetero) is 1. The molecule has 0 aliphatic rings. The minimum Gasteiger partial charge on any atom is -0.485 e. The molecule has 0 aliphatic carbocycles. The van der Waals surface area contributed by atoms with Gasteiger partial charge in [-0.15, -0.1) is 0 Å². The molecule has 0 aromatic heterocycles. The van der Waals surface area contributed by atoms with Gasteiger partial charge in [-0.05, 0) is 43.0 Å². The molecular weight excluding hydrogens is 314 g/mol. The van der Waals surface area contributed by atoms with Gasteiger partial charge in [0.15, 0.2) is 18.1 Å². The Bertz CT molecular complexity index is 735. The molecule has 25 heavy (non-hydrogen) atoms. The first kappa shape index (κ1) is 18.5. The second-order valence-corrected chi connectivity index (χ2v) is 6.05. The molecule has 0 unspecified atom stereocenters. The molecule has 0 spiro atoms. The number of hydrogen-bond acceptors (Lipinski definition) is 4. The van der Waals surface area contributed by atoms with Gasteiger partial charge in [0.1, 0.15) is 18.5 Å². The Labute approximate surface area is 149 Å². The number of hydrogen-bond donors (Lipinski definition) is 0. The molecule has 2 aromatic rings. The zero-order valence-corrected chi connectivity index (χ0v) is 14.7. The number of nitriles is 1. The number of benzene rings is 2. The first-order valence-corrected chi connectivity index (χ1v) is 8.40. The van der Waals surface area contributed by atoms with Crippen molar-refractivity contribution in [3.8, 4) is 17.6 Å². The monoisotopic (exact) mass is 337 g/mol. The normalized spacial score (nSPS) is 11.4. The van der Waals surface area contributed by atoms with E-state index in [0.717, 1.165) is 24.0 Å². The second kappa shape index (κ2) is 9.48. The summed E-state index contributed by atoms with van der Waals surface area (Å²) in [5.74, 6) is 1.41. The third-order valence-corrected chi connectivity index (χ3v) is 4.10. The second-order valence-electron chi connectivity index (χ2n) is 6.05. The molecule has 2 rings (SSSR count). The van der Waals surface area contributed by atoms with Gasteiger partial charge in [0.25, 0.3) is 0 Å². The molecule has 1 atom stereocenters. The van der Waals surface area contributed by atoms with Gasteiger partial charge in [-0.2, -0.15) is 5.26 Å². The maximum Gasteiger partial charge on any atom is 0.174 e. The maximum absolute atomic E-state index is 11.4. The molecule has 4 heteroatoms. The summed E-state index contributed by atoms with van der Waals surface area (Å²) < 4.78 is 11.4. The van der Waals surface area contributed by atoms with Crippen molar-refractivity contribution in [2.75, 3.05) is 6.61 Å². The number of rotatable bonds is 9. The highest BCUT2D eigenvalue weighted by molar-refractivity contribution is 5.77. The van der Waals surface area contributed by atoms with Crippen molar-refractivity contribution < 1.29 is 14.3 Å². The van der Waals surface area contributed by atoms with Gasteiger partial charge in [-0.3, -0.25) is 4.79 Å². The molecule has 0 amide bonds. The highest BCUT2D eigenvalue weighted by Gasteiger charge is 2.11. The Hall–Kier alpha value is -2.80. The van der Waals surface area contributed by atoms with Crippen LogP contribution in [0.25, 0.3) is 0 Å². The van der Waals surface area contributed by atoms with Crippen LogP contribution < -0.4 is 9.47 Å². The predicted molar refractivity (Wildman–Crippen MR) is 96.5 cm³/mol. The van der Waals surface area contributed by atoms with Gasteiger partial charge < -0.3 is 9.47 Å². The van der Waals surface area contributed by atoms with Crippen molar-refractivity contribution in [2.24, 2.45) is 5.92 Å². The van der Waals surface area contributed by atoms with Crippen LogP contribution in [0.3, 0.4) is 0 Å². The van der Waals surface area contributed by atoms with E-state index in [4.69, 9.17) is 14.7 Å². The smallest absolute Gasteiger partial charge is 0.174 e. The fraction of sp³-hybridized carbons (Fsp3) is 0.333. The lowest BCUT2D eigenvalue weighted by atomic mass is 9.98. The summed E-state index contributed by atoms with van der Waals surface area (Å²) in [7, 11) is 0. The maximum atomic E-state index is 11.4. The minimum atomic E-state index is -0.0327. The van der Waals surface area contributed by atoms with Crippen LogP contribution in [0.15, 0.2) is 48.5 Å². The Morgan fingerprint density at radius 3 is 2.52 bits per heavy atom. The average Bonchev–Trinajstić information content (AvgIpc) is 2.64. The largest absolute Gasteiger partial charge is 0.485 e. The number of ether oxygens (including phenoxy) is 2. The van der Waals surface area contributed by atoms with E-state index in [1.54, 1.807) is 6.92 Å². The standard InChI is InChI=1S/C21H23NO3/c1-16(17(2)23)8-9-18-10-11-20(21(14-18)24-13-12-22)25-15-19-6-4-3-5-7-19/h3-7,10-11,14,16H,8-9,13,15H2,1-2H3/t16-/m0/s1. The quantitative estimate of drug-likeness (QED) is 0.683. The summed E-state index contributed by atoms with van der Waals surface area (Å²) in [6.45, 7) is 3.96. The Kier molecular flexibility index (Phi) is 7.03. The summed E-state index contributed by atoms with van der Waals surface area (Å²) in [5, 5.41) is 8.78. The lowest BCUT2D eigenvalue weighted by Gasteiger charge is -2.14. The average molecular weight is 337 g/mol. The van der Waals surface area contributed by atoms with Crippen LogP contribution in [0, 0.1) is 17.2 Å². The molecule has 0 radical (unpaired) electrons.